The molecule has 1 heterocycles. The van der Waals surface area contributed by atoms with Crippen LogP contribution in [0.5, 0.6) is 0 Å². The third kappa shape index (κ3) is 4.99. The molecule has 0 aromatic carbocycles. The molecule has 1 N–H and O–H groups in total. The fourth-order valence-corrected chi connectivity index (χ4v) is 2.90. The van der Waals surface area contributed by atoms with Gasteiger partial charge >= 0.3 is 5.97 Å². The minimum absolute atomic E-state index is 0.117. The summed E-state index contributed by atoms with van der Waals surface area (Å²) in [5.41, 5.74) is -0.542. The number of hydrogen-bond acceptors (Lipinski definition) is 4. The Kier molecular flexibility index (Phi) is 5.79. The van der Waals surface area contributed by atoms with Crippen LogP contribution in [0.2, 0.25) is 0 Å². The summed E-state index contributed by atoms with van der Waals surface area (Å²) in [5, 5.41) is 2.76. The van der Waals surface area contributed by atoms with Crippen LogP contribution >= 0.6 is 0 Å². The first-order valence-electron chi connectivity index (χ1n) is 7.83. The van der Waals surface area contributed by atoms with Crippen LogP contribution in [0, 0.1) is 0 Å². The predicted octanol–water partition coefficient (Wildman–Crippen LogP) is 2.09. The lowest BCUT2D eigenvalue weighted by Gasteiger charge is -2.32. The van der Waals surface area contributed by atoms with Gasteiger partial charge in [0.05, 0.1) is 6.04 Å². The Morgan fingerprint density at radius 2 is 1.62 bits per heavy atom. The summed E-state index contributed by atoms with van der Waals surface area (Å²) >= 11 is 0. The molecule has 3 unspecified atom stereocenters. The van der Waals surface area contributed by atoms with Gasteiger partial charge in [0.2, 0.25) is 5.91 Å². The maximum absolute atomic E-state index is 12.3. The Morgan fingerprint density at radius 1 is 1.14 bits per heavy atom. The lowest BCUT2D eigenvalue weighted by atomic mass is 10.1. The van der Waals surface area contributed by atoms with E-state index < -0.39 is 17.6 Å². The molecule has 0 radical (unpaired) electrons. The first-order valence-corrected chi connectivity index (χ1v) is 7.83. The van der Waals surface area contributed by atoms with E-state index in [1.807, 2.05) is 27.7 Å². The molecule has 1 aliphatic heterocycles. The van der Waals surface area contributed by atoms with Crippen molar-refractivity contribution in [3.05, 3.63) is 0 Å². The molecule has 5 nitrogen and oxygen atoms in total. The molecule has 0 spiro atoms. The standard InChI is InChI=1S/C16H30N2O3/c1-10-8-9-11(2)18(10)13(4)14(19)17-12(3)15(20)21-16(5,6)7/h10-13H,8-9H2,1-7H3,(H,17,19)/t10?,11?,12-,13?/m0/s1. The van der Waals surface area contributed by atoms with Crippen LogP contribution < -0.4 is 5.32 Å². The number of hydrogen-bond donors (Lipinski definition) is 1. The van der Waals surface area contributed by atoms with Crippen LogP contribution in [-0.4, -0.2) is 46.5 Å². The molecule has 5 heteroatoms. The monoisotopic (exact) mass is 298 g/mol. The Balaban J connectivity index is 2.58. The molecule has 0 aromatic heterocycles. The lowest BCUT2D eigenvalue weighted by molar-refractivity contribution is -0.158. The fraction of sp³-hybridized carbons (Fsp3) is 0.875. The summed E-state index contributed by atoms with van der Waals surface area (Å²) in [7, 11) is 0. The van der Waals surface area contributed by atoms with Gasteiger partial charge in [0, 0.05) is 12.1 Å². The molecule has 1 aliphatic rings. The molecule has 1 fully saturated rings. The average Bonchev–Trinajstić information content (AvgIpc) is 2.65. The van der Waals surface area contributed by atoms with Crippen molar-refractivity contribution in [1.29, 1.82) is 0 Å². The number of rotatable bonds is 4. The van der Waals surface area contributed by atoms with Crippen LogP contribution in [0.15, 0.2) is 0 Å². The van der Waals surface area contributed by atoms with Crippen molar-refractivity contribution < 1.29 is 14.3 Å². The molecular weight excluding hydrogens is 268 g/mol. The van der Waals surface area contributed by atoms with Gasteiger partial charge in [-0.2, -0.15) is 0 Å². The van der Waals surface area contributed by atoms with Gasteiger partial charge in [-0.1, -0.05) is 0 Å². The zero-order chi connectivity index (χ0) is 16.4. The van der Waals surface area contributed by atoms with E-state index >= 15 is 0 Å². The van der Waals surface area contributed by atoms with E-state index in [0.29, 0.717) is 12.1 Å². The minimum atomic E-state index is -0.632. The van der Waals surface area contributed by atoms with Crippen LogP contribution in [0.25, 0.3) is 0 Å². The molecule has 0 saturated carbocycles. The van der Waals surface area contributed by atoms with E-state index in [1.165, 1.54) is 0 Å². The van der Waals surface area contributed by atoms with E-state index in [4.69, 9.17) is 4.74 Å². The van der Waals surface area contributed by atoms with Crippen molar-refractivity contribution in [3.63, 3.8) is 0 Å². The summed E-state index contributed by atoms with van der Waals surface area (Å²) in [4.78, 5) is 26.5. The number of esters is 1. The van der Waals surface area contributed by atoms with Crippen LogP contribution in [0.3, 0.4) is 0 Å². The van der Waals surface area contributed by atoms with Gasteiger partial charge in [0.15, 0.2) is 0 Å². The second kappa shape index (κ2) is 6.77. The Bertz CT molecular complexity index is 379. The van der Waals surface area contributed by atoms with E-state index in [0.717, 1.165) is 12.8 Å². The summed E-state index contributed by atoms with van der Waals surface area (Å²) in [6, 6.07) is -0.0649. The quantitative estimate of drug-likeness (QED) is 0.808. The van der Waals surface area contributed by atoms with Crippen molar-refractivity contribution in [1.82, 2.24) is 10.2 Å². The van der Waals surface area contributed by atoms with E-state index in [2.05, 4.69) is 24.1 Å². The second-order valence-electron chi connectivity index (χ2n) is 7.16. The summed E-state index contributed by atoms with van der Waals surface area (Å²) in [6.45, 7) is 13.3. The third-order valence-corrected chi connectivity index (χ3v) is 3.97. The highest BCUT2D eigenvalue weighted by Crippen LogP contribution is 2.25. The highest BCUT2D eigenvalue weighted by Gasteiger charge is 2.35. The zero-order valence-corrected chi connectivity index (χ0v) is 14.4. The number of nitrogens with one attached hydrogen (secondary N) is 1. The highest BCUT2D eigenvalue weighted by molar-refractivity contribution is 5.87. The first-order chi connectivity index (χ1) is 9.53. The van der Waals surface area contributed by atoms with Crippen molar-refractivity contribution >= 4 is 11.9 Å². The fourth-order valence-electron chi connectivity index (χ4n) is 2.90. The van der Waals surface area contributed by atoms with E-state index in [9.17, 15) is 9.59 Å². The summed E-state index contributed by atoms with van der Waals surface area (Å²) in [5.74, 6) is -0.514. The van der Waals surface area contributed by atoms with Gasteiger partial charge in [-0.15, -0.1) is 0 Å². The molecule has 0 aliphatic carbocycles. The molecular formula is C16H30N2O3. The normalized spacial score (nSPS) is 26.2. The molecule has 21 heavy (non-hydrogen) atoms. The molecule has 1 saturated heterocycles. The molecule has 0 aromatic rings. The average molecular weight is 298 g/mol. The largest absolute Gasteiger partial charge is 0.458 e. The van der Waals surface area contributed by atoms with Crippen molar-refractivity contribution in [2.75, 3.05) is 0 Å². The SMILES string of the molecule is CC1CCC(C)N1C(C)C(=O)N[C@@H](C)C(=O)OC(C)(C)C. The smallest absolute Gasteiger partial charge is 0.328 e. The predicted molar refractivity (Wildman–Crippen MR) is 82.9 cm³/mol. The molecule has 1 amide bonds. The number of likely N-dealkylation sites (tertiary alicyclic amines) is 1. The van der Waals surface area contributed by atoms with Crippen LogP contribution in [0.4, 0.5) is 0 Å². The number of carbonyl (C=O) groups excluding carboxylic acids is 2. The number of amides is 1. The molecule has 1 rings (SSSR count). The van der Waals surface area contributed by atoms with Crippen molar-refractivity contribution in [2.45, 2.75) is 91.1 Å². The van der Waals surface area contributed by atoms with E-state index in [-0.39, 0.29) is 11.9 Å². The van der Waals surface area contributed by atoms with Gasteiger partial charge < -0.3 is 10.1 Å². The first kappa shape index (κ1) is 18.0. The number of carbonyl (C=O) groups is 2. The summed E-state index contributed by atoms with van der Waals surface area (Å²) < 4.78 is 5.28. The molecule has 122 valence electrons. The van der Waals surface area contributed by atoms with Crippen molar-refractivity contribution in [2.24, 2.45) is 0 Å². The second-order valence-corrected chi connectivity index (χ2v) is 7.16. The minimum Gasteiger partial charge on any atom is -0.458 e. The Morgan fingerprint density at radius 3 is 2.05 bits per heavy atom. The highest BCUT2D eigenvalue weighted by atomic mass is 16.6. The third-order valence-electron chi connectivity index (χ3n) is 3.97. The van der Waals surface area contributed by atoms with Crippen LogP contribution in [0.1, 0.15) is 61.3 Å². The van der Waals surface area contributed by atoms with Gasteiger partial charge in [0.25, 0.3) is 0 Å². The maximum atomic E-state index is 12.3. The Hall–Kier alpha value is -1.10. The topological polar surface area (TPSA) is 58.6 Å². The van der Waals surface area contributed by atoms with Gasteiger partial charge in [-0.25, -0.2) is 4.79 Å². The number of nitrogens with zero attached hydrogens (tertiary/aromatic N) is 1. The maximum Gasteiger partial charge on any atom is 0.328 e. The van der Waals surface area contributed by atoms with Gasteiger partial charge in [0.1, 0.15) is 11.6 Å². The van der Waals surface area contributed by atoms with Crippen molar-refractivity contribution in [3.8, 4) is 0 Å². The lowest BCUT2D eigenvalue weighted by Crippen LogP contribution is -2.52. The van der Waals surface area contributed by atoms with Gasteiger partial charge in [-0.05, 0) is 61.3 Å². The summed E-state index contributed by atoms with van der Waals surface area (Å²) in [6.07, 6.45) is 2.22. The van der Waals surface area contributed by atoms with Gasteiger partial charge in [-0.3, -0.25) is 9.69 Å². The molecule has 4 atom stereocenters. The van der Waals surface area contributed by atoms with E-state index in [1.54, 1.807) is 6.92 Å². The molecule has 0 bridgehead atoms. The number of ether oxygens (including phenoxy) is 1. The Labute approximate surface area is 128 Å². The zero-order valence-electron chi connectivity index (χ0n) is 14.4. The van der Waals surface area contributed by atoms with Crippen LogP contribution in [-0.2, 0) is 14.3 Å².